The lowest BCUT2D eigenvalue weighted by molar-refractivity contribution is 0.0701. The lowest BCUT2D eigenvalue weighted by Gasteiger charge is -1.89. The van der Waals surface area contributed by atoms with E-state index in [1.165, 1.54) is 11.8 Å². The van der Waals surface area contributed by atoms with Gasteiger partial charge in [-0.1, -0.05) is 16.9 Å². The first-order valence-electron chi connectivity index (χ1n) is 4.69. The van der Waals surface area contributed by atoms with Gasteiger partial charge in [-0.25, -0.2) is 9.78 Å². The molecule has 0 bridgehead atoms. The average Bonchev–Trinajstić information content (AvgIpc) is 2.82. The second kappa shape index (κ2) is 4.84. The maximum absolute atomic E-state index is 10.8. The van der Waals surface area contributed by atoms with Crippen LogP contribution in [0, 0.1) is 13.8 Å². The van der Waals surface area contributed by atoms with Crippen molar-refractivity contribution >= 4 is 29.1 Å². The fourth-order valence-corrected chi connectivity index (χ4v) is 3.02. The Balaban J connectivity index is 2.04. The van der Waals surface area contributed by atoms with E-state index < -0.39 is 5.97 Å². The number of carboxylic acid groups (broad SMARTS) is 1. The van der Waals surface area contributed by atoms with Crippen LogP contribution in [0.1, 0.15) is 27.1 Å². The molecule has 0 unspecified atom stereocenters. The topological polar surface area (TPSA) is 89.1 Å². The maximum atomic E-state index is 10.8. The van der Waals surface area contributed by atoms with Crippen LogP contribution in [0.25, 0.3) is 0 Å². The predicted molar refractivity (Wildman–Crippen MR) is 62.4 cm³/mol. The highest BCUT2D eigenvalue weighted by molar-refractivity contribution is 8.00. The van der Waals surface area contributed by atoms with Crippen molar-refractivity contribution in [2.24, 2.45) is 0 Å². The minimum absolute atomic E-state index is 0.272. The van der Waals surface area contributed by atoms with Crippen LogP contribution in [0.3, 0.4) is 0 Å². The fourth-order valence-electron chi connectivity index (χ4n) is 1.15. The Labute approximate surface area is 105 Å². The monoisotopic (exact) mass is 271 g/mol. The average molecular weight is 271 g/mol. The number of carbonyl (C=O) groups is 1. The molecule has 90 valence electrons. The molecule has 2 aromatic heterocycles. The quantitative estimate of drug-likeness (QED) is 0.852. The number of thiazole rings is 1. The van der Waals surface area contributed by atoms with E-state index in [1.54, 1.807) is 13.8 Å². The third-order valence-corrected chi connectivity index (χ3v) is 4.13. The Kier molecular flexibility index (Phi) is 3.43. The summed E-state index contributed by atoms with van der Waals surface area (Å²) in [7, 11) is 0. The molecule has 2 rings (SSSR count). The van der Waals surface area contributed by atoms with Gasteiger partial charge in [0.1, 0.15) is 4.88 Å². The van der Waals surface area contributed by atoms with Gasteiger partial charge in [-0.15, -0.1) is 11.3 Å². The second-order valence-electron chi connectivity index (χ2n) is 3.22. The summed E-state index contributed by atoms with van der Waals surface area (Å²) < 4.78 is 5.64. The summed E-state index contributed by atoms with van der Waals surface area (Å²) in [5.74, 6) is 0.646. The third kappa shape index (κ3) is 2.83. The summed E-state index contributed by atoms with van der Waals surface area (Å²) >= 11 is 2.54. The van der Waals surface area contributed by atoms with Gasteiger partial charge >= 0.3 is 5.97 Å². The molecule has 0 fully saturated rings. The molecule has 0 atom stereocenters. The lowest BCUT2D eigenvalue weighted by atomic mass is 10.4. The van der Waals surface area contributed by atoms with Gasteiger partial charge in [0.25, 0.3) is 0 Å². The van der Waals surface area contributed by atoms with Crippen molar-refractivity contribution in [2.45, 2.75) is 23.9 Å². The molecule has 17 heavy (non-hydrogen) atoms. The summed E-state index contributed by atoms with van der Waals surface area (Å²) in [5.41, 5.74) is 0.534. The van der Waals surface area contributed by atoms with E-state index in [0.717, 1.165) is 11.3 Å². The van der Waals surface area contributed by atoms with Gasteiger partial charge in [-0.2, -0.15) is 4.98 Å². The van der Waals surface area contributed by atoms with Gasteiger partial charge in [-0.05, 0) is 13.8 Å². The van der Waals surface area contributed by atoms with Crippen molar-refractivity contribution in [2.75, 3.05) is 0 Å². The molecule has 8 heteroatoms. The van der Waals surface area contributed by atoms with Crippen molar-refractivity contribution in [3.05, 3.63) is 22.3 Å². The van der Waals surface area contributed by atoms with E-state index >= 15 is 0 Å². The van der Waals surface area contributed by atoms with Gasteiger partial charge in [0.15, 0.2) is 10.2 Å². The zero-order valence-electron chi connectivity index (χ0n) is 9.13. The molecule has 0 amide bonds. The second-order valence-corrected chi connectivity index (χ2v) is 5.45. The number of nitrogens with zero attached hydrogens (tertiary/aromatic N) is 3. The number of hydrogen-bond donors (Lipinski definition) is 1. The number of aromatic carboxylic acids is 1. The summed E-state index contributed by atoms with van der Waals surface area (Å²) in [6.07, 6.45) is 0. The van der Waals surface area contributed by atoms with Gasteiger partial charge in [0.05, 0.1) is 11.4 Å². The van der Waals surface area contributed by atoms with Crippen molar-refractivity contribution in [1.29, 1.82) is 0 Å². The van der Waals surface area contributed by atoms with Gasteiger partial charge in [0, 0.05) is 0 Å². The summed E-state index contributed by atoms with van der Waals surface area (Å²) in [6.45, 7) is 3.43. The molecule has 0 saturated heterocycles. The minimum atomic E-state index is -0.944. The number of aromatic nitrogens is 3. The SMILES string of the molecule is Cc1noc(CSc2nc(C)c(C(=O)O)s2)n1. The summed E-state index contributed by atoms with van der Waals surface area (Å²) in [5, 5.41) is 12.6. The van der Waals surface area contributed by atoms with Crippen molar-refractivity contribution < 1.29 is 14.4 Å². The number of carboxylic acids is 1. The van der Waals surface area contributed by atoms with Crippen LogP contribution in [0.15, 0.2) is 8.86 Å². The van der Waals surface area contributed by atoms with E-state index in [0.29, 0.717) is 27.5 Å². The first-order chi connectivity index (χ1) is 8.06. The van der Waals surface area contributed by atoms with Crippen LogP contribution in [0.5, 0.6) is 0 Å². The highest BCUT2D eigenvalue weighted by Gasteiger charge is 2.15. The van der Waals surface area contributed by atoms with Crippen LogP contribution in [0.2, 0.25) is 0 Å². The molecular formula is C9H9N3O3S2. The molecular weight excluding hydrogens is 262 g/mol. The zero-order valence-corrected chi connectivity index (χ0v) is 10.8. The molecule has 0 spiro atoms. The smallest absolute Gasteiger partial charge is 0.347 e. The van der Waals surface area contributed by atoms with Gasteiger partial charge < -0.3 is 9.63 Å². The molecule has 0 saturated carbocycles. The van der Waals surface area contributed by atoms with Crippen molar-refractivity contribution in [3.63, 3.8) is 0 Å². The summed E-state index contributed by atoms with van der Waals surface area (Å²) in [6, 6.07) is 0. The highest BCUT2D eigenvalue weighted by Crippen LogP contribution is 2.29. The van der Waals surface area contributed by atoms with E-state index in [1.807, 2.05) is 0 Å². The van der Waals surface area contributed by atoms with E-state index in [2.05, 4.69) is 15.1 Å². The Morgan fingerprint density at radius 1 is 1.47 bits per heavy atom. The maximum Gasteiger partial charge on any atom is 0.347 e. The van der Waals surface area contributed by atoms with Crippen LogP contribution < -0.4 is 0 Å². The van der Waals surface area contributed by atoms with Crippen molar-refractivity contribution in [1.82, 2.24) is 15.1 Å². The first-order valence-corrected chi connectivity index (χ1v) is 6.49. The number of rotatable bonds is 4. The standard InChI is InChI=1S/C9H9N3O3S2/c1-4-7(8(13)14)17-9(10-4)16-3-6-11-5(2)12-15-6/h3H2,1-2H3,(H,13,14). The highest BCUT2D eigenvalue weighted by atomic mass is 32.2. The number of hydrogen-bond acceptors (Lipinski definition) is 7. The largest absolute Gasteiger partial charge is 0.477 e. The fraction of sp³-hybridized carbons (Fsp3) is 0.333. The summed E-state index contributed by atoms with van der Waals surface area (Å²) in [4.78, 5) is 19.3. The van der Waals surface area contributed by atoms with Crippen LogP contribution in [-0.4, -0.2) is 26.2 Å². The van der Waals surface area contributed by atoms with E-state index in [-0.39, 0.29) is 4.88 Å². The predicted octanol–water partition coefficient (Wildman–Crippen LogP) is 2.13. The minimum Gasteiger partial charge on any atom is -0.477 e. The molecule has 0 aromatic carbocycles. The Morgan fingerprint density at radius 2 is 2.24 bits per heavy atom. The molecule has 6 nitrogen and oxygen atoms in total. The molecule has 0 aliphatic carbocycles. The van der Waals surface area contributed by atoms with Gasteiger partial charge in [0.2, 0.25) is 5.89 Å². The van der Waals surface area contributed by atoms with E-state index in [4.69, 9.17) is 9.63 Å². The normalized spacial score (nSPS) is 10.7. The molecule has 2 aromatic rings. The Hall–Kier alpha value is -1.41. The Morgan fingerprint density at radius 3 is 2.76 bits per heavy atom. The van der Waals surface area contributed by atoms with Crippen molar-refractivity contribution in [3.8, 4) is 0 Å². The van der Waals surface area contributed by atoms with Crippen LogP contribution in [0.4, 0.5) is 0 Å². The zero-order chi connectivity index (χ0) is 12.4. The number of thioether (sulfide) groups is 1. The number of aryl methyl sites for hydroxylation is 2. The third-order valence-electron chi connectivity index (χ3n) is 1.86. The van der Waals surface area contributed by atoms with Gasteiger partial charge in [-0.3, -0.25) is 0 Å². The molecule has 2 heterocycles. The molecule has 0 aliphatic rings. The molecule has 0 radical (unpaired) electrons. The van der Waals surface area contributed by atoms with Crippen LogP contribution >= 0.6 is 23.1 Å². The molecule has 1 N–H and O–H groups in total. The molecule has 0 aliphatic heterocycles. The van der Waals surface area contributed by atoms with E-state index in [9.17, 15) is 4.79 Å². The lowest BCUT2D eigenvalue weighted by Crippen LogP contribution is -1.94. The Bertz CT molecular complexity index is 549. The van der Waals surface area contributed by atoms with Crippen LogP contribution in [-0.2, 0) is 5.75 Å². The first kappa shape index (κ1) is 12.1.